The van der Waals surface area contributed by atoms with Crippen LogP contribution in [0.2, 0.25) is 0 Å². The minimum atomic E-state index is -0.222. The highest BCUT2D eigenvalue weighted by Crippen LogP contribution is 2.40. The van der Waals surface area contributed by atoms with E-state index in [9.17, 15) is 4.39 Å². The van der Waals surface area contributed by atoms with Gasteiger partial charge in [-0.2, -0.15) is 0 Å². The number of aryl methyl sites for hydroxylation is 1. The van der Waals surface area contributed by atoms with Gasteiger partial charge >= 0.3 is 0 Å². The predicted molar refractivity (Wildman–Crippen MR) is 94.6 cm³/mol. The second-order valence-electron chi connectivity index (χ2n) is 6.01. The van der Waals surface area contributed by atoms with Crippen LogP contribution in [0.3, 0.4) is 0 Å². The van der Waals surface area contributed by atoms with Crippen LogP contribution in [0, 0.1) is 5.82 Å². The fraction of sp³-hybridized carbons (Fsp3) is 0.158. The average molecular weight is 335 g/mol. The van der Waals surface area contributed by atoms with Crippen molar-refractivity contribution in [3.05, 3.63) is 60.4 Å². The Balaban J connectivity index is 1.76. The lowest BCUT2D eigenvalue weighted by Gasteiger charge is -2.06. The highest BCUT2D eigenvalue weighted by molar-refractivity contribution is 7.22. The number of halogens is 1. The summed E-state index contributed by atoms with van der Waals surface area (Å²) in [5.74, 6) is 0.903. The highest BCUT2D eigenvalue weighted by atomic mass is 32.1. The van der Waals surface area contributed by atoms with Crippen molar-refractivity contribution < 1.29 is 4.39 Å². The van der Waals surface area contributed by atoms with Gasteiger partial charge in [-0.1, -0.05) is 0 Å². The summed E-state index contributed by atoms with van der Waals surface area (Å²) in [7, 11) is 0. The molecule has 0 fully saturated rings. The zero-order valence-electron chi connectivity index (χ0n) is 12.9. The van der Waals surface area contributed by atoms with Gasteiger partial charge in [0.05, 0.1) is 16.3 Å². The third kappa shape index (κ3) is 2.08. The van der Waals surface area contributed by atoms with Crippen LogP contribution >= 0.6 is 11.3 Å². The maximum absolute atomic E-state index is 13.3. The van der Waals surface area contributed by atoms with Crippen LogP contribution in [0.5, 0.6) is 0 Å². The number of nitrogens with zero attached hydrogens (tertiary/aromatic N) is 3. The molecule has 4 aromatic rings. The third-order valence-electron chi connectivity index (χ3n) is 4.50. The minimum absolute atomic E-state index is 0.222. The van der Waals surface area contributed by atoms with Gasteiger partial charge in [0.2, 0.25) is 0 Å². The fourth-order valence-corrected chi connectivity index (χ4v) is 4.47. The molecule has 1 aliphatic heterocycles. The lowest BCUT2D eigenvalue weighted by molar-refractivity contribution is 0.628. The number of aromatic nitrogens is 3. The van der Waals surface area contributed by atoms with Crippen LogP contribution in [0.1, 0.15) is 12.2 Å². The molecule has 0 aliphatic carbocycles. The Bertz CT molecular complexity index is 1010. The largest absolute Gasteiger partial charge is 0.327 e. The van der Waals surface area contributed by atoms with Gasteiger partial charge in [0, 0.05) is 41.0 Å². The number of hydrogen-bond acceptors (Lipinski definition) is 3. The number of benzene rings is 1. The van der Waals surface area contributed by atoms with E-state index in [4.69, 9.17) is 4.98 Å². The normalized spacial score (nSPS) is 13.5. The molecule has 0 unspecified atom stereocenters. The van der Waals surface area contributed by atoms with E-state index in [0.717, 1.165) is 47.5 Å². The van der Waals surface area contributed by atoms with Crippen LogP contribution in [-0.4, -0.2) is 14.5 Å². The molecule has 0 saturated heterocycles. The molecule has 4 heterocycles. The zero-order chi connectivity index (χ0) is 16.1. The van der Waals surface area contributed by atoms with Crippen molar-refractivity contribution in [2.45, 2.75) is 19.4 Å². The van der Waals surface area contributed by atoms with Crippen molar-refractivity contribution in [1.82, 2.24) is 14.5 Å². The maximum Gasteiger partial charge on any atom is 0.123 e. The topological polar surface area (TPSA) is 30.7 Å². The Morgan fingerprint density at radius 1 is 1.12 bits per heavy atom. The number of fused-ring (bicyclic) bond motifs is 2. The van der Waals surface area contributed by atoms with Crippen molar-refractivity contribution >= 4 is 21.4 Å². The van der Waals surface area contributed by atoms with Crippen molar-refractivity contribution in [3.8, 4) is 21.8 Å². The van der Waals surface area contributed by atoms with E-state index < -0.39 is 0 Å². The SMILES string of the molecule is Fc1ccc(-c2nc3n(c2-c2cc4cnccc4s2)CCC3)cc1. The number of thiophene rings is 1. The summed E-state index contributed by atoms with van der Waals surface area (Å²) < 4.78 is 16.8. The Kier molecular flexibility index (Phi) is 3.03. The smallest absolute Gasteiger partial charge is 0.123 e. The van der Waals surface area contributed by atoms with Crippen LogP contribution in [0.15, 0.2) is 48.8 Å². The first kappa shape index (κ1) is 13.9. The number of pyridine rings is 1. The Labute approximate surface area is 142 Å². The van der Waals surface area contributed by atoms with Crippen molar-refractivity contribution in [1.29, 1.82) is 0 Å². The molecule has 0 atom stereocenters. The summed E-state index contributed by atoms with van der Waals surface area (Å²) in [5.41, 5.74) is 3.06. The quantitative estimate of drug-likeness (QED) is 0.521. The molecule has 0 bridgehead atoms. The molecular formula is C19H14FN3S. The summed E-state index contributed by atoms with van der Waals surface area (Å²) in [4.78, 5) is 10.3. The molecule has 0 N–H and O–H groups in total. The summed E-state index contributed by atoms with van der Waals surface area (Å²) >= 11 is 1.76. The van der Waals surface area contributed by atoms with E-state index in [1.165, 1.54) is 21.7 Å². The minimum Gasteiger partial charge on any atom is -0.327 e. The van der Waals surface area contributed by atoms with Gasteiger partial charge in [-0.25, -0.2) is 9.37 Å². The van der Waals surface area contributed by atoms with Crippen molar-refractivity contribution in [3.63, 3.8) is 0 Å². The molecule has 3 nitrogen and oxygen atoms in total. The highest BCUT2D eigenvalue weighted by Gasteiger charge is 2.24. The summed E-state index contributed by atoms with van der Waals surface area (Å²) in [6.45, 7) is 0.991. The molecule has 3 aromatic heterocycles. The maximum atomic E-state index is 13.3. The van der Waals surface area contributed by atoms with Gasteiger partial charge in [0.25, 0.3) is 0 Å². The number of rotatable bonds is 2. The van der Waals surface area contributed by atoms with Gasteiger partial charge in [-0.3, -0.25) is 4.98 Å². The molecule has 5 heteroatoms. The lowest BCUT2D eigenvalue weighted by Crippen LogP contribution is -1.94. The van der Waals surface area contributed by atoms with E-state index in [2.05, 4.69) is 15.6 Å². The Morgan fingerprint density at radius 2 is 2.00 bits per heavy atom. The molecule has 118 valence electrons. The molecule has 0 radical (unpaired) electrons. The van der Waals surface area contributed by atoms with Crippen LogP contribution in [-0.2, 0) is 13.0 Å². The van der Waals surface area contributed by atoms with Gasteiger partial charge in [-0.05, 0) is 42.8 Å². The van der Waals surface area contributed by atoms with E-state index in [0.29, 0.717) is 0 Å². The summed E-state index contributed by atoms with van der Waals surface area (Å²) in [6, 6.07) is 10.8. The third-order valence-corrected chi connectivity index (χ3v) is 5.62. The van der Waals surface area contributed by atoms with E-state index in [-0.39, 0.29) is 5.82 Å². The molecule has 0 amide bonds. The molecule has 0 spiro atoms. The Hall–Kier alpha value is -2.53. The first-order valence-electron chi connectivity index (χ1n) is 7.99. The van der Waals surface area contributed by atoms with E-state index in [1.807, 2.05) is 30.6 Å². The lowest BCUT2D eigenvalue weighted by atomic mass is 10.1. The molecule has 24 heavy (non-hydrogen) atoms. The zero-order valence-corrected chi connectivity index (χ0v) is 13.7. The second-order valence-corrected chi connectivity index (χ2v) is 7.10. The fourth-order valence-electron chi connectivity index (χ4n) is 3.39. The van der Waals surface area contributed by atoms with Crippen LogP contribution in [0.25, 0.3) is 31.9 Å². The first-order chi connectivity index (χ1) is 11.8. The number of imidazole rings is 1. The molecule has 0 saturated carbocycles. The molecular weight excluding hydrogens is 321 g/mol. The van der Waals surface area contributed by atoms with Gasteiger partial charge in [0.15, 0.2) is 0 Å². The second kappa shape index (κ2) is 5.24. The molecule has 1 aliphatic rings. The van der Waals surface area contributed by atoms with E-state index in [1.54, 1.807) is 11.3 Å². The molecule has 5 rings (SSSR count). The van der Waals surface area contributed by atoms with Crippen molar-refractivity contribution in [2.75, 3.05) is 0 Å². The van der Waals surface area contributed by atoms with Crippen molar-refractivity contribution in [2.24, 2.45) is 0 Å². The van der Waals surface area contributed by atoms with Gasteiger partial charge in [0.1, 0.15) is 11.6 Å². The van der Waals surface area contributed by atoms with Crippen LogP contribution in [0.4, 0.5) is 4.39 Å². The average Bonchev–Trinajstić information content (AvgIpc) is 3.28. The van der Waals surface area contributed by atoms with Crippen LogP contribution < -0.4 is 0 Å². The van der Waals surface area contributed by atoms with Gasteiger partial charge in [-0.15, -0.1) is 11.3 Å². The predicted octanol–water partition coefficient (Wildman–Crippen LogP) is 4.91. The van der Waals surface area contributed by atoms with E-state index >= 15 is 0 Å². The number of hydrogen-bond donors (Lipinski definition) is 0. The standard InChI is InChI=1S/C19H14FN3S/c20-14-5-3-12(4-6-14)18-19(23-9-1-2-17(23)22-18)16-10-13-11-21-8-7-15(13)24-16/h3-8,10-11H,1-2,9H2. The monoisotopic (exact) mass is 335 g/mol. The summed E-state index contributed by atoms with van der Waals surface area (Å²) in [6.07, 6.45) is 5.85. The Morgan fingerprint density at radius 3 is 2.83 bits per heavy atom. The summed E-state index contributed by atoms with van der Waals surface area (Å²) in [5, 5.41) is 1.15. The molecule has 1 aromatic carbocycles. The first-order valence-corrected chi connectivity index (χ1v) is 8.80. The van der Waals surface area contributed by atoms with Gasteiger partial charge < -0.3 is 4.57 Å².